The van der Waals surface area contributed by atoms with E-state index in [2.05, 4.69) is 0 Å². The molecule has 6 N–H and O–H groups in total. The molecule has 0 unspecified atom stereocenters. The molecule has 0 bridgehead atoms. The second kappa shape index (κ2) is 9.08. The Labute approximate surface area is 107 Å². The molecule has 16 heavy (non-hydrogen) atoms. The number of primary amides is 1. The fraction of sp³-hybridized carbons (Fsp3) is 0.222. The molecule has 0 aliphatic rings. The average Bonchev–Trinajstić information content (AvgIpc) is 2.09. The van der Waals surface area contributed by atoms with Gasteiger partial charge in [-0.3, -0.25) is 4.90 Å². The molecule has 0 aromatic heterocycles. The van der Waals surface area contributed by atoms with E-state index in [0.29, 0.717) is 12.2 Å². The van der Waals surface area contributed by atoms with Crippen molar-refractivity contribution in [1.82, 2.24) is 0 Å². The van der Waals surface area contributed by atoms with Gasteiger partial charge in [-0.25, -0.2) is 4.79 Å². The monoisotopic (exact) mass is 269 g/mol. The summed E-state index contributed by atoms with van der Waals surface area (Å²) < 4.78 is 0. The van der Waals surface area contributed by atoms with Crippen molar-refractivity contribution in [2.45, 2.75) is 6.92 Å². The largest absolute Gasteiger partial charge is 0.412 e. The molecule has 0 saturated heterocycles. The number of urea groups is 1. The van der Waals surface area contributed by atoms with Crippen LogP contribution in [0.1, 0.15) is 6.92 Å². The SMILES string of the molecule is CCN(C(N)=O)c1ccc(N)cc1.Cl.Cl.O. The quantitative estimate of drug-likeness (QED) is 0.788. The van der Waals surface area contributed by atoms with E-state index in [1.54, 1.807) is 24.3 Å². The Kier molecular flexibility index (Phi) is 11.5. The highest BCUT2D eigenvalue weighted by molar-refractivity contribution is 5.90. The Balaban J connectivity index is -0.000000563. The van der Waals surface area contributed by atoms with Crippen LogP contribution in [0.4, 0.5) is 16.2 Å². The van der Waals surface area contributed by atoms with Gasteiger partial charge in [0.1, 0.15) is 0 Å². The highest BCUT2D eigenvalue weighted by Gasteiger charge is 2.08. The summed E-state index contributed by atoms with van der Waals surface area (Å²) in [5.74, 6) is 0. The lowest BCUT2D eigenvalue weighted by molar-refractivity contribution is 0.254. The molecule has 0 saturated carbocycles. The first-order valence-corrected chi connectivity index (χ1v) is 4.07. The van der Waals surface area contributed by atoms with Crippen LogP contribution in [-0.2, 0) is 0 Å². The second-order valence-electron chi connectivity index (χ2n) is 2.67. The third-order valence-electron chi connectivity index (χ3n) is 1.79. The molecule has 0 fully saturated rings. The van der Waals surface area contributed by atoms with Crippen LogP contribution in [0.15, 0.2) is 24.3 Å². The van der Waals surface area contributed by atoms with Crippen LogP contribution < -0.4 is 16.4 Å². The molecule has 0 heterocycles. The molecule has 0 radical (unpaired) electrons. The summed E-state index contributed by atoms with van der Waals surface area (Å²) in [5.41, 5.74) is 12.1. The summed E-state index contributed by atoms with van der Waals surface area (Å²) in [7, 11) is 0. The van der Waals surface area contributed by atoms with Crippen LogP contribution in [0.2, 0.25) is 0 Å². The first-order chi connectivity index (χ1) is 6.15. The molecule has 5 nitrogen and oxygen atoms in total. The fourth-order valence-corrected chi connectivity index (χ4v) is 1.12. The number of hydrogen-bond acceptors (Lipinski definition) is 2. The predicted molar refractivity (Wildman–Crippen MR) is 71.6 cm³/mol. The fourth-order valence-electron chi connectivity index (χ4n) is 1.12. The predicted octanol–water partition coefficient (Wildman–Crippen LogP) is 1.19. The molecule has 7 heteroatoms. The Morgan fingerprint density at radius 2 is 1.69 bits per heavy atom. The first kappa shape index (κ1) is 20.3. The Hall–Kier alpha value is -1.17. The van der Waals surface area contributed by atoms with Gasteiger partial charge in [-0.05, 0) is 31.2 Å². The Morgan fingerprint density at radius 1 is 1.25 bits per heavy atom. The lowest BCUT2D eigenvalue weighted by Gasteiger charge is -2.17. The van der Waals surface area contributed by atoms with Crippen LogP contribution in [-0.4, -0.2) is 18.1 Å². The summed E-state index contributed by atoms with van der Waals surface area (Å²) in [6.45, 7) is 2.42. The lowest BCUT2D eigenvalue weighted by atomic mass is 10.2. The van der Waals surface area contributed by atoms with E-state index in [0.717, 1.165) is 5.69 Å². The third-order valence-corrected chi connectivity index (χ3v) is 1.79. The van der Waals surface area contributed by atoms with E-state index in [1.807, 2.05) is 6.92 Å². The minimum Gasteiger partial charge on any atom is -0.412 e. The van der Waals surface area contributed by atoms with Gasteiger partial charge in [-0.1, -0.05) is 0 Å². The molecule has 1 aromatic carbocycles. The minimum atomic E-state index is -0.452. The van der Waals surface area contributed by atoms with E-state index in [4.69, 9.17) is 11.5 Å². The highest BCUT2D eigenvalue weighted by atomic mass is 35.5. The van der Waals surface area contributed by atoms with E-state index in [9.17, 15) is 4.79 Å². The molecular weight excluding hydrogens is 253 g/mol. The molecule has 1 rings (SSSR count). The zero-order valence-electron chi connectivity index (χ0n) is 8.84. The van der Waals surface area contributed by atoms with Crippen molar-refractivity contribution >= 4 is 42.2 Å². The standard InChI is InChI=1S/C9H13N3O.2ClH.H2O/c1-2-12(9(11)13)8-5-3-7(10)4-6-8;;;/h3-6H,2,10H2,1H3,(H2,11,13);2*1H;1H2. The van der Waals surface area contributed by atoms with Crippen molar-refractivity contribution in [3.63, 3.8) is 0 Å². The summed E-state index contributed by atoms with van der Waals surface area (Å²) in [6, 6.07) is 6.56. The van der Waals surface area contributed by atoms with Crippen LogP contribution >= 0.6 is 24.8 Å². The van der Waals surface area contributed by atoms with Gasteiger partial charge in [0.25, 0.3) is 0 Å². The third kappa shape index (κ3) is 5.06. The van der Waals surface area contributed by atoms with Crippen molar-refractivity contribution in [3.05, 3.63) is 24.3 Å². The maximum Gasteiger partial charge on any atom is 0.319 e. The van der Waals surface area contributed by atoms with Gasteiger partial charge in [0.2, 0.25) is 0 Å². The molecule has 0 spiro atoms. The van der Waals surface area contributed by atoms with Gasteiger partial charge in [-0.15, -0.1) is 24.8 Å². The summed E-state index contributed by atoms with van der Waals surface area (Å²) in [4.78, 5) is 12.4. The maximum atomic E-state index is 10.9. The topological polar surface area (TPSA) is 104 Å². The smallest absolute Gasteiger partial charge is 0.319 e. The summed E-state index contributed by atoms with van der Waals surface area (Å²) in [5, 5.41) is 0. The molecule has 0 aliphatic heterocycles. The lowest BCUT2D eigenvalue weighted by Crippen LogP contribution is -2.35. The number of carbonyl (C=O) groups is 1. The van der Waals surface area contributed by atoms with Crippen LogP contribution in [0, 0.1) is 0 Å². The zero-order valence-corrected chi connectivity index (χ0v) is 10.5. The van der Waals surface area contributed by atoms with Crippen molar-refractivity contribution in [1.29, 1.82) is 0 Å². The van der Waals surface area contributed by atoms with Crippen molar-refractivity contribution in [2.24, 2.45) is 5.73 Å². The van der Waals surface area contributed by atoms with E-state index in [-0.39, 0.29) is 30.3 Å². The van der Waals surface area contributed by atoms with Gasteiger partial charge >= 0.3 is 6.03 Å². The number of rotatable bonds is 2. The molecule has 1 aromatic rings. The normalized spacial score (nSPS) is 7.81. The number of nitrogens with two attached hydrogens (primary N) is 2. The number of hydrogen-bond donors (Lipinski definition) is 2. The number of benzene rings is 1. The van der Waals surface area contributed by atoms with Gasteiger partial charge < -0.3 is 16.9 Å². The molecule has 2 amide bonds. The van der Waals surface area contributed by atoms with E-state index < -0.39 is 6.03 Å². The molecule has 0 aliphatic carbocycles. The number of carbonyl (C=O) groups excluding carboxylic acids is 1. The Morgan fingerprint density at radius 3 is 2.00 bits per heavy atom. The van der Waals surface area contributed by atoms with Crippen LogP contribution in [0.25, 0.3) is 0 Å². The van der Waals surface area contributed by atoms with Crippen molar-refractivity contribution in [2.75, 3.05) is 17.2 Å². The minimum absolute atomic E-state index is 0. The number of anilines is 2. The molecule has 94 valence electrons. The maximum absolute atomic E-state index is 10.9. The van der Waals surface area contributed by atoms with Gasteiger partial charge in [-0.2, -0.15) is 0 Å². The van der Waals surface area contributed by atoms with Crippen LogP contribution in [0.5, 0.6) is 0 Å². The summed E-state index contributed by atoms with van der Waals surface area (Å²) >= 11 is 0. The molecule has 0 atom stereocenters. The van der Waals surface area contributed by atoms with Gasteiger partial charge in [0.05, 0.1) is 0 Å². The Bertz CT molecular complexity index is 306. The van der Waals surface area contributed by atoms with Gasteiger partial charge in [0.15, 0.2) is 0 Å². The zero-order chi connectivity index (χ0) is 9.84. The van der Waals surface area contributed by atoms with Crippen molar-refractivity contribution < 1.29 is 10.3 Å². The summed E-state index contributed by atoms with van der Waals surface area (Å²) in [6.07, 6.45) is 0. The van der Waals surface area contributed by atoms with Crippen LogP contribution in [0.3, 0.4) is 0 Å². The first-order valence-electron chi connectivity index (χ1n) is 4.07. The number of nitrogen functional groups attached to an aromatic ring is 1. The van der Waals surface area contributed by atoms with E-state index >= 15 is 0 Å². The average molecular weight is 270 g/mol. The highest BCUT2D eigenvalue weighted by Crippen LogP contribution is 2.15. The van der Waals surface area contributed by atoms with E-state index in [1.165, 1.54) is 4.90 Å². The number of halogens is 2. The number of amides is 2. The number of nitrogens with zero attached hydrogens (tertiary/aromatic N) is 1. The van der Waals surface area contributed by atoms with Crippen molar-refractivity contribution in [3.8, 4) is 0 Å². The second-order valence-corrected chi connectivity index (χ2v) is 2.67. The van der Waals surface area contributed by atoms with Gasteiger partial charge in [0, 0.05) is 17.9 Å². The molecular formula is C9H17Cl2N3O2.